The molecule has 3 heterocycles. The molecule has 10 nitrogen and oxygen atoms in total. The predicted octanol–water partition coefficient (Wildman–Crippen LogP) is 2.93. The molecule has 1 saturated heterocycles. The third kappa shape index (κ3) is 5.07. The highest BCUT2D eigenvalue weighted by molar-refractivity contribution is 7.17. The summed E-state index contributed by atoms with van der Waals surface area (Å²) in [6.45, 7) is 5.51. The molecule has 5 N–H and O–H groups in total. The summed E-state index contributed by atoms with van der Waals surface area (Å²) in [7, 11) is 2.10. The number of nitrogens with one attached hydrogen (secondary N) is 3. The van der Waals surface area contributed by atoms with E-state index in [2.05, 4.69) is 47.9 Å². The van der Waals surface area contributed by atoms with Gasteiger partial charge in [-0.25, -0.2) is 10.8 Å². The van der Waals surface area contributed by atoms with E-state index in [0.717, 1.165) is 37.6 Å². The largest absolute Gasteiger partial charge is 0.354 e. The highest BCUT2D eigenvalue weighted by Gasteiger charge is 2.18. The second-order valence-corrected chi connectivity index (χ2v) is 8.85. The van der Waals surface area contributed by atoms with Gasteiger partial charge in [0.15, 0.2) is 5.13 Å². The molecule has 1 fully saturated rings. The summed E-state index contributed by atoms with van der Waals surface area (Å²) in [6, 6.07) is 7.31. The topological polar surface area (TPSA) is 124 Å². The first-order valence-corrected chi connectivity index (χ1v) is 11.2. The third-order valence-electron chi connectivity index (χ3n) is 5.09. The molecule has 12 heteroatoms. The van der Waals surface area contributed by atoms with Crippen molar-refractivity contribution >= 4 is 57.2 Å². The molecule has 1 amide bonds. The highest BCUT2D eigenvalue weighted by atomic mass is 35.5. The summed E-state index contributed by atoms with van der Waals surface area (Å²) in [5.74, 6) is 6.89. The van der Waals surface area contributed by atoms with Crippen LogP contribution in [-0.2, 0) is 0 Å². The van der Waals surface area contributed by atoms with Crippen LogP contribution in [0, 0.1) is 6.92 Å². The second-order valence-electron chi connectivity index (χ2n) is 7.41. The molecular weight excluding hydrogens is 450 g/mol. The van der Waals surface area contributed by atoms with Crippen LogP contribution in [0.25, 0.3) is 0 Å². The first-order valence-electron chi connectivity index (χ1n) is 10.0. The van der Waals surface area contributed by atoms with Gasteiger partial charge in [0.2, 0.25) is 5.95 Å². The number of benzene rings is 1. The zero-order chi connectivity index (χ0) is 22.7. The van der Waals surface area contributed by atoms with Gasteiger partial charge in [-0.1, -0.05) is 35.1 Å². The number of aromatic nitrogens is 3. The van der Waals surface area contributed by atoms with Crippen LogP contribution in [0.4, 0.5) is 28.4 Å². The zero-order valence-electron chi connectivity index (χ0n) is 17.7. The van der Waals surface area contributed by atoms with Gasteiger partial charge in [-0.05, 0) is 25.6 Å². The molecule has 0 bridgehead atoms. The minimum absolute atomic E-state index is 0.281. The van der Waals surface area contributed by atoms with Crippen LogP contribution >= 0.6 is 22.9 Å². The minimum atomic E-state index is -0.281. The fourth-order valence-corrected chi connectivity index (χ4v) is 4.26. The van der Waals surface area contributed by atoms with Gasteiger partial charge in [0.05, 0.1) is 16.9 Å². The number of thiazole rings is 1. The lowest BCUT2D eigenvalue weighted by atomic mass is 10.2. The SMILES string of the molecule is Cc1cccc(Cl)c1NC(=O)c1cnc(Nc2cc(N3CCN(C)CC3)nc(NN)n2)s1. The van der Waals surface area contributed by atoms with E-state index in [1.165, 1.54) is 17.5 Å². The van der Waals surface area contributed by atoms with Crippen molar-refractivity contribution in [2.24, 2.45) is 5.84 Å². The van der Waals surface area contributed by atoms with E-state index in [9.17, 15) is 4.79 Å². The zero-order valence-corrected chi connectivity index (χ0v) is 19.3. The Hall–Kier alpha value is -2.99. The highest BCUT2D eigenvalue weighted by Crippen LogP contribution is 2.28. The van der Waals surface area contributed by atoms with Crippen LogP contribution in [0.1, 0.15) is 15.2 Å². The Morgan fingerprint density at radius 2 is 2.00 bits per heavy atom. The molecule has 0 unspecified atom stereocenters. The minimum Gasteiger partial charge on any atom is -0.354 e. The number of anilines is 5. The molecule has 0 aliphatic carbocycles. The number of nitrogens with zero attached hydrogens (tertiary/aromatic N) is 5. The normalized spacial score (nSPS) is 14.3. The number of rotatable bonds is 6. The first-order chi connectivity index (χ1) is 15.4. The lowest BCUT2D eigenvalue weighted by Crippen LogP contribution is -2.44. The van der Waals surface area contributed by atoms with Crippen LogP contribution in [-0.4, -0.2) is 59.0 Å². The predicted molar refractivity (Wildman–Crippen MR) is 129 cm³/mol. The molecular formula is C20H24ClN9OS. The number of likely N-dealkylation sites (N-methyl/N-ethyl adjacent to an activating group) is 1. The standard InChI is InChI=1S/C20H24ClN9OS/c1-12-4-3-5-13(21)17(12)27-18(31)14-11-23-20(32-14)25-15-10-16(26-19(24-15)28-22)30-8-6-29(2)7-9-30/h3-5,10-11H,6-9,22H2,1-2H3,(H,27,31)(H2,23,24,25,26,28). The van der Waals surface area contributed by atoms with Gasteiger partial charge < -0.3 is 20.4 Å². The van der Waals surface area contributed by atoms with E-state index in [1.807, 2.05) is 25.1 Å². The van der Waals surface area contributed by atoms with Crippen molar-refractivity contribution in [2.75, 3.05) is 54.2 Å². The van der Waals surface area contributed by atoms with Gasteiger partial charge in [-0.3, -0.25) is 10.2 Å². The lowest BCUT2D eigenvalue weighted by molar-refractivity contribution is 0.103. The Balaban J connectivity index is 1.49. The Kier molecular flexibility index (Phi) is 6.70. The van der Waals surface area contributed by atoms with E-state index < -0.39 is 0 Å². The molecule has 4 rings (SSSR count). The van der Waals surface area contributed by atoms with Gasteiger partial charge >= 0.3 is 0 Å². The Morgan fingerprint density at radius 3 is 2.72 bits per heavy atom. The summed E-state index contributed by atoms with van der Waals surface area (Å²) in [5, 5.41) is 7.01. The Labute approximate surface area is 194 Å². The average molecular weight is 474 g/mol. The van der Waals surface area contributed by atoms with E-state index in [0.29, 0.717) is 32.5 Å². The number of piperazine rings is 1. The molecule has 0 spiro atoms. The van der Waals surface area contributed by atoms with Crippen molar-refractivity contribution in [1.29, 1.82) is 0 Å². The molecule has 2 aromatic heterocycles. The van der Waals surface area contributed by atoms with Crippen LogP contribution in [0.2, 0.25) is 5.02 Å². The van der Waals surface area contributed by atoms with Gasteiger partial charge in [0.1, 0.15) is 16.5 Å². The maximum absolute atomic E-state index is 12.7. The number of hydrogen-bond donors (Lipinski definition) is 4. The van der Waals surface area contributed by atoms with Crippen molar-refractivity contribution in [3.05, 3.63) is 45.9 Å². The molecule has 0 radical (unpaired) electrons. The van der Waals surface area contributed by atoms with Gasteiger partial charge in [-0.2, -0.15) is 9.97 Å². The van der Waals surface area contributed by atoms with Gasteiger partial charge in [0, 0.05) is 32.2 Å². The van der Waals surface area contributed by atoms with Crippen LogP contribution in [0.15, 0.2) is 30.5 Å². The molecule has 3 aromatic rings. The fourth-order valence-electron chi connectivity index (χ4n) is 3.27. The number of carbonyl (C=O) groups excluding carboxylic acids is 1. The molecule has 0 saturated carbocycles. The van der Waals surface area contributed by atoms with Crippen LogP contribution in [0.3, 0.4) is 0 Å². The molecule has 1 aliphatic rings. The number of nitrogen functional groups attached to an aromatic ring is 1. The van der Waals surface area contributed by atoms with Crippen molar-refractivity contribution in [3.63, 3.8) is 0 Å². The second kappa shape index (κ2) is 9.65. The summed E-state index contributed by atoms with van der Waals surface area (Å²) < 4.78 is 0. The molecule has 32 heavy (non-hydrogen) atoms. The summed E-state index contributed by atoms with van der Waals surface area (Å²) in [4.78, 5) is 30.7. The summed E-state index contributed by atoms with van der Waals surface area (Å²) in [6.07, 6.45) is 1.51. The first kappa shape index (κ1) is 22.2. The smallest absolute Gasteiger partial charge is 0.267 e. The Bertz CT molecular complexity index is 1090. The third-order valence-corrected chi connectivity index (χ3v) is 6.32. The number of halogens is 1. The van der Waals surface area contributed by atoms with E-state index in [1.54, 1.807) is 6.07 Å². The van der Waals surface area contributed by atoms with E-state index >= 15 is 0 Å². The molecule has 1 aliphatic heterocycles. The van der Waals surface area contributed by atoms with Crippen LogP contribution in [0.5, 0.6) is 0 Å². The van der Waals surface area contributed by atoms with Crippen LogP contribution < -0.4 is 26.8 Å². The molecule has 1 aromatic carbocycles. The van der Waals surface area contributed by atoms with Gasteiger partial charge in [0.25, 0.3) is 5.91 Å². The summed E-state index contributed by atoms with van der Waals surface area (Å²) >= 11 is 7.43. The number of aryl methyl sites for hydroxylation is 1. The maximum atomic E-state index is 12.7. The van der Waals surface area contributed by atoms with E-state index in [-0.39, 0.29) is 5.91 Å². The lowest BCUT2D eigenvalue weighted by Gasteiger charge is -2.33. The Morgan fingerprint density at radius 1 is 1.22 bits per heavy atom. The number of hydrazine groups is 1. The quantitative estimate of drug-likeness (QED) is 0.316. The van der Waals surface area contributed by atoms with Crippen molar-refractivity contribution in [3.8, 4) is 0 Å². The van der Waals surface area contributed by atoms with Gasteiger partial charge in [-0.15, -0.1) is 0 Å². The number of carbonyl (C=O) groups is 1. The number of hydrogen-bond acceptors (Lipinski definition) is 10. The van der Waals surface area contributed by atoms with Crippen molar-refractivity contribution in [1.82, 2.24) is 19.9 Å². The number of nitrogens with two attached hydrogens (primary N) is 1. The van der Waals surface area contributed by atoms with Crippen molar-refractivity contribution < 1.29 is 4.79 Å². The maximum Gasteiger partial charge on any atom is 0.267 e. The van der Waals surface area contributed by atoms with E-state index in [4.69, 9.17) is 17.4 Å². The summed E-state index contributed by atoms with van der Waals surface area (Å²) in [5.41, 5.74) is 3.98. The fraction of sp³-hybridized carbons (Fsp3) is 0.300. The van der Waals surface area contributed by atoms with Crippen molar-refractivity contribution in [2.45, 2.75) is 6.92 Å². The monoisotopic (exact) mass is 473 g/mol. The molecule has 168 valence electrons. The number of para-hydroxylation sites is 1. The number of amides is 1. The average Bonchev–Trinajstić information content (AvgIpc) is 3.25. The molecule has 0 atom stereocenters.